The highest BCUT2D eigenvalue weighted by Gasteiger charge is 2.22. The maximum atomic E-state index is 12.4. The number of hydrogen-bond acceptors (Lipinski definition) is 6. The first kappa shape index (κ1) is 20.8. The molecular formula is C16H23NO7S. The van der Waals surface area contributed by atoms with Gasteiger partial charge < -0.3 is 19.5 Å². The van der Waals surface area contributed by atoms with E-state index in [1.807, 2.05) is 6.92 Å². The van der Waals surface area contributed by atoms with Gasteiger partial charge >= 0.3 is 5.97 Å². The maximum absolute atomic E-state index is 12.4. The molecule has 8 nitrogen and oxygen atoms in total. The third-order valence-electron chi connectivity index (χ3n) is 3.47. The average molecular weight is 373 g/mol. The lowest BCUT2D eigenvalue weighted by Crippen LogP contribution is -2.37. The molecule has 25 heavy (non-hydrogen) atoms. The second-order valence-electron chi connectivity index (χ2n) is 5.29. The largest absolute Gasteiger partial charge is 0.493 e. The lowest BCUT2D eigenvalue weighted by molar-refractivity contribution is -0.144. The Hall–Kier alpha value is -2.29. The van der Waals surface area contributed by atoms with Crippen molar-refractivity contribution in [2.24, 2.45) is 0 Å². The van der Waals surface area contributed by atoms with E-state index >= 15 is 0 Å². The summed E-state index contributed by atoms with van der Waals surface area (Å²) in [7, 11) is -0.885. The van der Waals surface area contributed by atoms with E-state index in [0.29, 0.717) is 12.2 Å². The monoisotopic (exact) mass is 373 g/mol. The summed E-state index contributed by atoms with van der Waals surface area (Å²) in [5.74, 6) is -1.39. The molecule has 1 aromatic carbocycles. The van der Waals surface area contributed by atoms with Gasteiger partial charge in [0.2, 0.25) is 5.91 Å². The molecule has 0 bridgehead atoms. The van der Waals surface area contributed by atoms with Gasteiger partial charge in [-0.3, -0.25) is 9.59 Å². The van der Waals surface area contributed by atoms with Gasteiger partial charge in [-0.05, 0) is 18.6 Å². The van der Waals surface area contributed by atoms with Crippen LogP contribution in [0.3, 0.4) is 0 Å². The van der Waals surface area contributed by atoms with Crippen LogP contribution in [0.5, 0.6) is 11.5 Å². The highest BCUT2D eigenvalue weighted by molar-refractivity contribution is 7.91. The highest BCUT2D eigenvalue weighted by Crippen LogP contribution is 2.29. The molecule has 0 unspecified atom stereocenters. The minimum absolute atomic E-state index is 0.0122. The van der Waals surface area contributed by atoms with Crippen LogP contribution >= 0.6 is 0 Å². The molecule has 0 atom stereocenters. The summed E-state index contributed by atoms with van der Waals surface area (Å²) in [6.45, 7) is 1.63. The highest BCUT2D eigenvalue weighted by atomic mass is 32.2. The summed E-state index contributed by atoms with van der Waals surface area (Å²) >= 11 is 0. The van der Waals surface area contributed by atoms with Gasteiger partial charge in [0.15, 0.2) is 21.3 Å². The Bertz CT molecular complexity index is 715. The summed E-state index contributed by atoms with van der Waals surface area (Å²) in [5, 5.41) is 8.83. The Labute approximate surface area is 147 Å². The number of carboxylic acids is 1. The van der Waals surface area contributed by atoms with Crippen LogP contribution < -0.4 is 9.47 Å². The number of ether oxygens (including phenoxy) is 2. The molecule has 0 spiro atoms. The van der Waals surface area contributed by atoms with Crippen molar-refractivity contribution in [3.63, 3.8) is 0 Å². The van der Waals surface area contributed by atoms with E-state index in [0.717, 1.165) is 4.90 Å². The molecular weight excluding hydrogens is 350 g/mol. The molecule has 1 amide bonds. The van der Waals surface area contributed by atoms with Crippen LogP contribution in [0, 0.1) is 0 Å². The summed E-state index contributed by atoms with van der Waals surface area (Å²) in [6.07, 6.45) is 0.297. The van der Waals surface area contributed by atoms with Gasteiger partial charge in [0, 0.05) is 19.0 Å². The number of hydrogen-bond donors (Lipinski definition) is 1. The Morgan fingerprint density at radius 2 is 1.80 bits per heavy atom. The van der Waals surface area contributed by atoms with E-state index in [1.165, 1.54) is 32.4 Å². The molecule has 0 heterocycles. The number of rotatable bonds is 10. The number of aliphatic carboxylic acids is 1. The number of amides is 1. The third-order valence-corrected chi connectivity index (χ3v) is 5.18. The van der Waals surface area contributed by atoms with Gasteiger partial charge in [0.25, 0.3) is 0 Å². The topological polar surface area (TPSA) is 110 Å². The van der Waals surface area contributed by atoms with Crippen molar-refractivity contribution in [2.45, 2.75) is 24.7 Å². The number of methoxy groups -OCH3 is 2. The van der Waals surface area contributed by atoms with Crippen molar-refractivity contribution >= 4 is 21.7 Å². The van der Waals surface area contributed by atoms with E-state index < -0.39 is 34.0 Å². The van der Waals surface area contributed by atoms with Crippen molar-refractivity contribution in [2.75, 3.05) is 33.1 Å². The van der Waals surface area contributed by atoms with E-state index in [4.69, 9.17) is 14.6 Å². The molecule has 1 aromatic rings. The van der Waals surface area contributed by atoms with Crippen LogP contribution in [0.2, 0.25) is 0 Å². The van der Waals surface area contributed by atoms with Crippen LogP contribution in [-0.2, 0) is 19.4 Å². The lowest BCUT2D eigenvalue weighted by atomic mass is 10.3. The van der Waals surface area contributed by atoms with Crippen LogP contribution in [0.4, 0.5) is 0 Å². The van der Waals surface area contributed by atoms with Crippen molar-refractivity contribution in [1.29, 1.82) is 0 Å². The standard InChI is InChI=1S/C16H23NO7S/c1-4-8-17(11-16(19)20)15(18)7-9-25(21,22)12-5-6-13(23-2)14(10-12)24-3/h5-6,10H,4,7-9,11H2,1-3H3,(H,19,20). The summed E-state index contributed by atoms with van der Waals surface area (Å²) < 4.78 is 35.0. The average Bonchev–Trinajstić information content (AvgIpc) is 2.58. The number of carbonyl (C=O) groups excluding carboxylic acids is 1. The fourth-order valence-corrected chi connectivity index (χ4v) is 3.47. The summed E-state index contributed by atoms with van der Waals surface area (Å²) in [6, 6.07) is 4.18. The summed E-state index contributed by atoms with van der Waals surface area (Å²) in [4.78, 5) is 24.1. The Kier molecular flexibility index (Phi) is 7.69. The number of carbonyl (C=O) groups is 2. The number of carboxylic acid groups (broad SMARTS) is 1. The van der Waals surface area contributed by atoms with E-state index in [9.17, 15) is 18.0 Å². The quantitative estimate of drug-likeness (QED) is 0.656. The third kappa shape index (κ3) is 5.93. The normalized spacial score (nSPS) is 11.0. The van der Waals surface area contributed by atoms with Gasteiger partial charge in [0.05, 0.1) is 24.9 Å². The van der Waals surface area contributed by atoms with Crippen LogP contribution in [0.15, 0.2) is 23.1 Å². The molecule has 0 aliphatic carbocycles. The molecule has 0 aliphatic heterocycles. The fraction of sp³-hybridized carbons (Fsp3) is 0.500. The number of sulfone groups is 1. The summed E-state index contributed by atoms with van der Waals surface area (Å²) in [5.41, 5.74) is 0. The lowest BCUT2D eigenvalue weighted by Gasteiger charge is -2.19. The van der Waals surface area contributed by atoms with Crippen molar-refractivity contribution in [3.8, 4) is 11.5 Å². The van der Waals surface area contributed by atoms with E-state index in [1.54, 1.807) is 0 Å². The minimum Gasteiger partial charge on any atom is -0.493 e. The first-order valence-corrected chi connectivity index (χ1v) is 9.34. The van der Waals surface area contributed by atoms with Crippen molar-refractivity contribution < 1.29 is 32.6 Å². The fourth-order valence-electron chi connectivity index (χ4n) is 2.23. The van der Waals surface area contributed by atoms with Crippen LogP contribution in [0.1, 0.15) is 19.8 Å². The molecule has 0 aromatic heterocycles. The van der Waals surface area contributed by atoms with Crippen LogP contribution in [-0.4, -0.2) is 63.4 Å². The second-order valence-corrected chi connectivity index (χ2v) is 7.40. The Morgan fingerprint density at radius 1 is 1.16 bits per heavy atom. The number of benzene rings is 1. The van der Waals surface area contributed by atoms with Crippen molar-refractivity contribution in [1.82, 2.24) is 4.90 Å². The molecule has 0 fully saturated rings. The maximum Gasteiger partial charge on any atom is 0.323 e. The molecule has 0 aliphatic rings. The first-order chi connectivity index (χ1) is 11.7. The Morgan fingerprint density at radius 3 is 2.32 bits per heavy atom. The van der Waals surface area contributed by atoms with Gasteiger partial charge in [-0.1, -0.05) is 6.92 Å². The molecule has 1 rings (SSSR count). The molecule has 140 valence electrons. The molecule has 0 radical (unpaired) electrons. The molecule has 9 heteroatoms. The van der Waals surface area contributed by atoms with Crippen LogP contribution in [0.25, 0.3) is 0 Å². The molecule has 0 saturated heterocycles. The Balaban J connectivity index is 2.87. The van der Waals surface area contributed by atoms with Gasteiger partial charge in [-0.2, -0.15) is 0 Å². The van der Waals surface area contributed by atoms with E-state index in [2.05, 4.69) is 0 Å². The zero-order valence-electron chi connectivity index (χ0n) is 14.5. The van der Waals surface area contributed by atoms with Crippen molar-refractivity contribution in [3.05, 3.63) is 18.2 Å². The smallest absolute Gasteiger partial charge is 0.323 e. The number of nitrogens with zero attached hydrogens (tertiary/aromatic N) is 1. The second kappa shape index (κ2) is 9.26. The van der Waals surface area contributed by atoms with E-state index in [-0.39, 0.29) is 23.6 Å². The molecule has 0 saturated carbocycles. The SMILES string of the molecule is CCCN(CC(=O)O)C(=O)CCS(=O)(=O)c1ccc(OC)c(OC)c1. The predicted octanol–water partition coefficient (Wildman–Crippen LogP) is 1.19. The zero-order chi connectivity index (χ0) is 19.0. The molecule has 1 N–H and O–H groups in total. The van der Waals surface area contributed by atoms with Gasteiger partial charge in [-0.25, -0.2) is 8.42 Å². The minimum atomic E-state index is -3.72. The first-order valence-electron chi connectivity index (χ1n) is 7.69. The predicted molar refractivity (Wildman–Crippen MR) is 90.7 cm³/mol. The van der Waals surface area contributed by atoms with Gasteiger partial charge in [-0.15, -0.1) is 0 Å². The van der Waals surface area contributed by atoms with Gasteiger partial charge in [0.1, 0.15) is 6.54 Å². The zero-order valence-corrected chi connectivity index (χ0v) is 15.3.